The normalized spacial score (nSPS) is 14.2. The molecule has 96 valence electrons. The molecule has 0 bridgehead atoms. The molecule has 0 aliphatic carbocycles. The summed E-state index contributed by atoms with van der Waals surface area (Å²) >= 11 is 0. The zero-order chi connectivity index (χ0) is 13.1. The molecule has 1 aliphatic rings. The number of aryl methyl sites for hydroxylation is 1. The fraction of sp³-hybridized carbons (Fsp3) is 0.133. The Morgan fingerprint density at radius 1 is 1.05 bits per heavy atom. The van der Waals surface area contributed by atoms with Gasteiger partial charge in [-0.2, -0.15) is 0 Å². The smallest absolute Gasteiger partial charge is 0.0936 e. The van der Waals surface area contributed by atoms with Crippen molar-refractivity contribution in [2.45, 2.75) is 13.5 Å². The standard InChI is InChI=1S/C15H16N4/c1-12-6-5-9-14(16-12)15-11-19(18-17-15)10-13-7-3-2-4-8-13/h2-9,11,17-18H,10H2,1H3. The quantitative estimate of drug-likeness (QED) is 0.878. The second kappa shape index (κ2) is 5.12. The first-order valence-corrected chi connectivity index (χ1v) is 6.29. The van der Waals surface area contributed by atoms with E-state index in [1.165, 1.54) is 5.56 Å². The first-order chi connectivity index (χ1) is 9.31. The SMILES string of the molecule is Cc1cccc(C2=CN(Cc3ccccc3)NN2)n1. The predicted molar refractivity (Wildman–Crippen MR) is 75.2 cm³/mol. The molecule has 2 aromatic rings. The Labute approximate surface area is 112 Å². The summed E-state index contributed by atoms with van der Waals surface area (Å²) in [6.07, 6.45) is 2.04. The van der Waals surface area contributed by atoms with Gasteiger partial charge in [0.05, 0.1) is 17.9 Å². The molecule has 0 saturated carbocycles. The Balaban J connectivity index is 1.74. The van der Waals surface area contributed by atoms with E-state index in [9.17, 15) is 0 Å². The molecule has 4 nitrogen and oxygen atoms in total. The average molecular weight is 252 g/mol. The number of hydrogen-bond donors (Lipinski definition) is 2. The Morgan fingerprint density at radius 2 is 1.89 bits per heavy atom. The average Bonchev–Trinajstić information content (AvgIpc) is 2.88. The molecule has 3 rings (SSSR count). The molecule has 1 aromatic heterocycles. The van der Waals surface area contributed by atoms with Crippen LogP contribution in [-0.4, -0.2) is 9.99 Å². The molecular formula is C15H16N4. The van der Waals surface area contributed by atoms with E-state index in [1.54, 1.807) is 0 Å². The highest BCUT2D eigenvalue weighted by Crippen LogP contribution is 2.14. The van der Waals surface area contributed by atoms with Gasteiger partial charge in [0.25, 0.3) is 0 Å². The predicted octanol–water partition coefficient (Wildman–Crippen LogP) is 2.21. The van der Waals surface area contributed by atoms with Gasteiger partial charge in [-0.25, -0.2) is 0 Å². The van der Waals surface area contributed by atoms with Crippen LogP contribution in [0.25, 0.3) is 5.70 Å². The van der Waals surface area contributed by atoms with Crippen LogP contribution < -0.4 is 11.0 Å². The summed E-state index contributed by atoms with van der Waals surface area (Å²) in [6, 6.07) is 16.3. The van der Waals surface area contributed by atoms with Gasteiger partial charge in [-0.3, -0.25) is 9.99 Å². The number of nitrogens with one attached hydrogen (secondary N) is 2. The highest BCUT2D eigenvalue weighted by Gasteiger charge is 2.13. The highest BCUT2D eigenvalue weighted by molar-refractivity contribution is 5.61. The number of benzene rings is 1. The van der Waals surface area contributed by atoms with Crippen molar-refractivity contribution in [2.24, 2.45) is 0 Å². The third kappa shape index (κ3) is 2.74. The Morgan fingerprint density at radius 3 is 2.68 bits per heavy atom. The maximum Gasteiger partial charge on any atom is 0.0936 e. The molecule has 0 radical (unpaired) electrons. The summed E-state index contributed by atoms with van der Waals surface area (Å²) < 4.78 is 0. The number of aromatic nitrogens is 1. The van der Waals surface area contributed by atoms with Crippen molar-refractivity contribution in [1.82, 2.24) is 21.0 Å². The van der Waals surface area contributed by atoms with Crippen molar-refractivity contribution in [2.75, 3.05) is 0 Å². The lowest BCUT2D eigenvalue weighted by Crippen LogP contribution is -2.35. The van der Waals surface area contributed by atoms with Crippen LogP contribution in [0.1, 0.15) is 17.0 Å². The molecule has 0 unspecified atom stereocenters. The van der Waals surface area contributed by atoms with Gasteiger partial charge in [0.2, 0.25) is 0 Å². The molecule has 0 atom stereocenters. The van der Waals surface area contributed by atoms with Crippen molar-refractivity contribution in [3.05, 3.63) is 71.7 Å². The lowest BCUT2D eigenvalue weighted by molar-refractivity contribution is 0.265. The summed E-state index contributed by atoms with van der Waals surface area (Å²) in [4.78, 5) is 4.50. The Kier molecular flexibility index (Phi) is 3.16. The van der Waals surface area contributed by atoms with Gasteiger partial charge in [-0.05, 0) is 24.6 Å². The number of rotatable bonds is 3. The molecule has 2 N–H and O–H groups in total. The molecule has 19 heavy (non-hydrogen) atoms. The van der Waals surface area contributed by atoms with Crippen LogP contribution in [0, 0.1) is 6.92 Å². The number of pyridine rings is 1. The second-order valence-corrected chi connectivity index (χ2v) is 4.56. The van der Waals surface area contributed by atoms with E-state index in [0.717, 1.165) is 23.6 Å². The number of nitrogens with zero attached hydrogens (tertiary/aromatic N) is 2. The van der Waals surface area contributed by atoms with Gasteiger partial charge in [-0.15, -0.1) is 5.53 Å². The summed E-state index contributed by atoms with van der Waals surface area (Å²) in [5.41, 5.74) is 10.5. The molecule has 0 fully saturated rings. The van der Waals surface area contributed by atoms with Gasteiger partial charge >= 0.3 is 0 Å². The monoisotopic (exact) mass is 252 g/mol. The van der Waals surface area contributed by atoms with Gasteiger partial charge in [0.15, 0.2) is 0 Å². The van der Waals surface area contributed by atoms with Crippen molar-refractivity contribution in [1.29, 1.82) is 0 Å². The molecule has 4 heteroatoms. The molecular weight excluding hydrogens is 236 g/mol. The summed E-state index contributed by atoms with van der Waals surface area (Å²) in [6.45, 7) is 2.80. The largest absolute Gasteiger partial charge is 0.300 e. The maximum atomic E-state index is 4.50. The van der Waals surface area contributed by atoms with Gasteiger partial charge in [0.1, 0.15) is 0 Å². The van der Waals surface area contributed by atoms with Gasteiger partial charge in [-0.1, -0.05) is 36.4 Å². The lowest BCUT2D eigenvalue weighted by atomic mass is 10.2. The molecule has 2 heterocycles. The van der Waals surface area contributed by atoms with Crippen LogP contribution in [0.15, 0.2) is 54.7 Å². The summed E-state index contributed by atoms with van der Waals surface area (Å²) in [7, 11) is 0. The fourth-order valence-electron chi connectivity index (χ4n) is 2.04. The van der Waals surface area contributed by atoms with Crippen molar-refractivity contribution in [3.63, 3.8) is 0 Å². The Bertz CT molecular complexity index is 592. The van der Waals surface area contributed by atoms with Gasteiger partial charge in [0, 0.05) is 11.9 Å². The van der Waals surface area contributed by atoms with Crippen LogP contribution in [0.2, 0.25) is 0 Å². The molecule has 0 saturated heterocycles. The zero-order valence-electron chi connectivity index (χ0n) is 10.8. The van der Waals surface area contributed by atoms with Crippen LogP contribution in [-0.2, 0) is 6.54 Å². The third-order valence-corrected chi connectivity index (χ3v) is 2.98. The summed E-state index contributed by atoms with van der Waals surface area (Å²) in [5, 5.41) is 2.01. The minimum Gasteiger partial charge on any atom is -0.300 e. The van der Waals surface area contributed by atoms with Crippen LogP contribution in [0.5, 0.6) is 0 Å². The maximum absolute atomic E-state index is 4.50. The van der Waals surface area contributed by atoms with Crippen molar-refractivity contribution >= 4 is 5.70 Å². The van der Waals surface area contributed by atoms with Crippen LogP contribution in [0.3, 0.4) is 0 Å². The number of hydrogen-bond acceptors (Lipinski definition) is 4. The van der Waals surface area contributed by atoms with E-state index in [-0.39, 0.29) is 0 Å². The van der Waals surface area contributed by atoms with E-state index in [2.05, 4.69) is 28.1 Å². The third-order valence-electron chi connectivity index (χ3n) is 2.98. The van der Waals surface area contributed by atoms with E-state index in [1.807, 2.05) is 54.5 Å². The number of hydrazine groups is 2. The molecule has 0 amide bonds. The minimum absolute atomic E-state index is 0.809. The van der Waals surface area contributed by atoms with Gasteiger partial charge < -0.3 is 5.43 Å². The fourth-order valence-corrected chi connectivity index (χ4v) is 2.04. The topological polar surface area (TPSA) is 40.2 Å². The van der Waals surface area contributed by atoms with E-state index >= 15 is 0 Å². The molecule has 1 aromatic carbocycles. The zero-order valence-corrected chi connectivity index (χ0v) is 10.8. The molecule has 1 aliphatic heterocycles. The minimum atomic E-state index is 0.809. The van der Waals surface area contributed by atoms with Crippen LogP contribution in [0.4, 0.5) is 0 Å². The van der Waals surface area contributed by atoms with E-state index < -0.39 is 0 Å². The van der Waals surface area contributed by atoms with E-state index in [4.69, 9.17) is 0 Å². The summed E-state index contributed by atoms with van der Waals surface area (Å²) in [5.74, 6) is 0. The second-order valence-electron chi connectivity index (χ2n) is 4.56. The first kappa shape index (κ1) is 11.7. The highest BCUT2D eigenvalue weighted by atomic mass is 15.7. The Hall–Kier alpha value is -2.33. The van der Waals surface area contributed by atoms with Crippen molar-refractivity contribution < 1.29 is 0 Å². The first-order valence-electron chi connectivity index (χ1n) is 6.29. The van der Waals surface area contributed by atoms with Crippen molar-refractivity contribution in [3.8, 4) is 0 Å². The van der Waals surface area contributed by atoms with Crippen LogP contribution >= 0.6 is 0 Å². The lowest BCUT2D eigenvalue weighted by Gasteiger charge is -2.14. The molecule has 0 spiro atoms. The van der Waals surface area contributed by atoms with E-state index in [0.29, 0.717) is 0 Å².